The van der Waals surface area contributed by atoms with Gasteiger partial charge in [0.05, 0.1) is 34.5 Å². The number of aromatic nitrogens is 3. The number of rotatable bonds is 12. The standard InChI is InChI=1S/C31H32F2N8O2/c1-6-7-12-28(42)36-23-15-24(27(43-30(32)33)16-26(23)40(4)14-13-39(2)3)37-31-35-18-20(17-34)29(38-31)22-19-41(5)25-11-9-8-10-21(22)25/h6-12,15-16,18-19,30H,1,13-14H2,2-5H3,(H,36,42)(H,35,37,38)/b12-7+. The average molecular weight is 587 g/mol. The molecule has 2 aromatic carbocycles. The van der Waals surface area contributed by atoms with E-state index < -0.39 is 12.5 Å². The number of benzene rings is 2. The number of likely N-dealkylation sites (N-methyl/N-ethyl adjacent to an activating group) is 2. The van der Waals surface area contributed by atoms with Crippen molar-refractivity contribution in [3.8, 4) is 23.1 Å². The molecule has 2 aromatic heterocycles. The van der Waals surface area contributed by atoms with Gasteiger partial charge in [0.25, 0.3) is 0 Å². The summed E-state index contributed by atoms with van der Waals surface area (Å²) in [5.74, 6) is -0.580. The molecule has 12 heteroatoms. The molecule has 0 saturated heterocycles. The lowest BCUT2D eigenvalue weighted by Gasteiger charge is -2.26. The molecule has 10 nitrogen and oxygen atoms in total. The molecule has 1 amide bonds. The smallest absolute Gasteiger partial charge is 0.387 e. The number of ether oxygens (including phenoxy) is 1. The Balaban J connectivity index is 1.81. The van der Waals surface area contributed by atoms with Gasteiger partial charge in [-0.25, -0.2) is 9.97 Å². The van der Waals surface area contributed by atoms with Crippen LogP contribution in [0.3, 0.4) is 0 Å². The van der Waals surface area contributed by atoms with Gasteiger partial charge in [0.1, 0.15) is 6.07 Å². The van der Waals surface area contributed by atoms with Crippen molar-refractivity contribution in [1.29, 1.82) is 5.26 Å². The Hall–Kier alpha value is -5.28. The molecule has 2 N–H and O–H groups in total. The molecule has 0 atom stereocenters. The number of alkyl halides is 2. The van der Waals surface area contributed by atoms with Gasteiger partial charge in [-0.3, -0.25) is 4.79 Å². The van der Waals surface area contributed by atoms with E-state index in [1.807, 2.05) is 66.0 Å². The van der Waals surface area contributed by atoms with Crippen molar-refractivity contribution in [3.63, 3.8) is 0 Å². The fourth-order valence-corrected chi connectivity index (χ4v) is 4.46. The largest absolute Gasteiger partial charge is 0.433 e. The van der Waals surface area contributed by atoms with Gasteiger partial charge in [0.2, 0.25) is 11.9 Å². The highest BCUT2D eigenvalue weighted by atomic mass is 19.3. The van der Waals surface area contributed by atoms with Gasteiger partial charge in [-0.2, -0.15) is 14.0 Å². The first-order chi connectivity index (χ1) is 20.6. The van der Waals surface area contributed by atoms with Gasteiger partial charge < -0.3 is 29.7 Å². The number of aryl methyl sites for hydroxylation is 1. The monoisotopic (exact) mass is 586 g/mol. The van der Waals surface area contributed by atoms with Gasteiger partial charge in [0.15, 0.2) is 5.75 Å². The third-order valence-electron chi connectivity index (χ3n) is 6.56. The zero-order valence-corrected chi connectivity index (χ0v) is 24.3. The van der Waals surface area contributed by atoms with Gasteiger partial charge in [0, 0.05) is 62.0 Å². The molecule has 4 rings (SSSR count). The topological polar surface area (TPSA) is 111 Å². The molecule has 0 radical (unpaired) electrons. The number of allylic oxidation sites excluding steroid dienone is 2. The van der Waals surface area contributed by atoms with E-state index >= 15 is 0 Å². The first-order valence-corrected chi connectivity index (χ1v) is 13.3. The number of carbonyl (C=O) groups is 1. The molecule has 4 aromatic rings. The minimum Gasteiger partial charge on any atom is -0.433 e. The molecule has 0 fully saturated rings. The fourth-order valence-electron chi connectivity index (χ4n) is 4.46. The van der Waals surface area contributed by atoms with Crippen molar-refractivity contribution in [3.05, 3.63) is 79.2 Å². The van der Waals surface area contributed by atoms with Crippen LogP contribution in [0.2, 0.25) is 0 Å². The van der Waals surface area contributed by atoms with E-state index in [1.54, 1.807) is 7.05 Å². The van der Waals surface area contributed by atoms with E-state index in [9.17, 15) is 18.8 Å². The second-order valence-electron chi connectivity index (χ2n) is 9.92. The van der Waals surface area contributed by atoms with Gasteiger partial charge >= 0.3 is 6.61 Å². The lowest BCUT2D eigenvalue weighted by atomic mass is 10.1. The van der Waals surface area contributed by atoms with E-state index in [1.165, 1.54) is 36.6 Å². The van der Waals surface area contributed by atoms with Crippen LogP contribution in [0.25, 0.3) is 22.2 Å². The first kappa shape index (κ1) is 30.7. The second kappa shape index (κ2) is 13.6. The summed E-state index contributed by atoms with van der Waals surface area (Å²) in [5.41, 5.74) is 3.15. The zero-order chi connectivity index (χ0) is 31.1. The molecule has 0 bridgehead atoms. The van der Waals surface area contributed by atoms with E-state index in [4.69, 9.17) is 4.74 Å². The molecule has 0 unspecified atom stereocenters. The fraction of sp³-hybridized carbons (Fsp3) is 0.226. The molecular weight excluding hydrogens is 554 g/mol. The number of nitrogens with zero attached hydrogens (tertiary/aromatic N) is 6. The van der Waals surface area contributed by atoms with Crippen LogP contribution >= 0.6 is 0 Å². The van der Waals surface area contributed by atoms with Crippen LogP contribution in [0.4, 0.5) is 31.8 Å². The molecule has 222 valence electrons. The highest BCUT2D eigenvalue weighted by Gasteiger charge is 2.20. The van der Waals surface area contributed by atoms with Crippen molar-refractivity contribution in [2.24, 2.45) is 7.05 Å². The highest BCUT2D eigenvalue weighted by molar-refractivity contribution is 6.02. The predicted molar refractivity (Wildman–Crippen MR) is 165 cm³/mol. The number of amides is 1. The lowest BCUT2D eigenvalue weighted by molar-refractivity contribution is -0.111. The van der Waals surface area contributed by atoms with Crippen LogP contribution in [0.1, 0.15) is 5.56 Å². The van der Waals surface area contributed by atoms with E-state index in [0.717, 1.165) is 10.9 Å². The van der Waals surface area contributed by atoms with Crippen molar-refractivity contribution in [2.75, 3.05) is 49.8 Å². The third-order valence-corrected chi connectivity index (χ3v) is 6.56. The molecule has 0 aliphatic rings. The number of nitrogens with one attached hydrogen (secondary N) is 2. The molecule has 43 heavy (non-hydrogen) atoms. The first-order valence-electron chi connectivity index (χ1n) is 13.3. The number of halogens is 2. The Bertz CT molecular complexity index is 1710. The van der Waals surface area contributed by atoms with Crippen molar-refractivity contribution in [2.45, 2.75) is 6.61 Å². The quantitative estimate of drug-likeness (QED) is 0.165. The van der Waals surface area contributed by atoms with Crippen LogP contribution in [0, 0.1) is 11.3 Å². The Kier molecular flexibility index (Phi) is 9.69. The Morgan fingerprint density at radius 2 is 1.98 bits per heavy atom. The van der Waals surface area contributed by atoms with Gasteiger partial charge in [-0.05, 0) is 26.2 Å². The summed E-state index contributed by atoms with van der Waals surface area (Å²) in [6, 6.07) is 12.7. The minimum atomic E-state index is -3.12. The number of para-hydroxylation sites is 1. The molecular formula is C31H32F2N8O2. The maximum Gasteiger partial charge on any atom is 0.387 e. The second-order valence-corrected chi connectivity index (χ2v) is 9.92. The molecule has 0 aliphatic carbocycles. The normalized spacial score (nSPS) is 11.2. The minimum absolute atomic E-state index is 0.0404. The summed E-state index contributed by atoms with van der Waals surface area (Å²) in [6.45, 7) is 1.65. The van der Waals surface area contributed by atoms with Gasteiger partial charge in [-0.1, -0.05) is 36.9 Å². The Morgan fingerprint density at radius 1 is 1.21 bits per heavy atom. The maximum absolute atomic E-state index is 13.6. The number of nitriles is 1. The van der Waals surface area contributed by atoms with Crippen LogP contribution in [-0.4, -0.2) is 66.2 Å². The van der Waals surface area contributed by atoms with Crippen molar-refractivity contribution in [1.82, 2.24) is 19.4 Å². The number of anilines is 4. The Morgan fingerprint density at radius 3 is 2.67 bits per heavy atom. The maximum atomic E-state index is 13.6. The Labute approximate surface area is 248 Å². The molecule has 0 aliphatic heterocycles. The number of carbonyl (C=O) groups excluding carboxylic acids is 1. The zero-order valence-electron chi connectivity index (χ0n) is 24.3. The van der Waals surface area contributed by atoms with Crippen molar-refractivity contribution < 1.29 is 18.3 Å². The highest BCUT2D eigenvalue weighted by Crippen LogP contribution is 2.39. The molecule has 0 saturated carbocycles. The summed E-state index contributed by atoms with van der Waals surface area (Å²) in [5, 5.41) is 16.4. The van der Waals surface area contributed by atoms with Crippen LogP contribution in [0.15, 0.2) is 73.6 Å². The SMILES string of the molecule is C=C/C=C/C(=O)Nc1cc(Nc2ncc(C#N)c(-c3cn(C)c4ccccc34)n2)c(OC(F)F)cc1N(C)CCN(C)C. The number of hydrogen-bond donors (Lipinski definition) is 2. The predicted octanol–water partition coefficient (Wildman–Crippen LogP) is 5.53. The number of hydrogen-bond acceptors (Lipinski definition) is 8. The van der Waals surface area contributed by atoms with Crippen LogP contribution in [0.5, 0.6) is 5.75 Å². The van der Waals surface area contributed by atoms with E-state index in [-0.39, 0.29) is 22.9 Å². The molecule has 0 spiro atoms. The summed E-state index contributed by atoms with van der Waals surface area (Å²) in [6.07, 6.45) is 7.48. The summed E-state index contributed by atoms with van der Waals surface area (Å²) in [4.78, 5) is 25.3. The summed E-state index contributed by atoms with van der Waals surface area (Å²) < 4.78 is 34.0. The summed E-state index contributed by atoms with van der Waals surface area (Å²) >= 11 is 0. The summed E-state index contributed by atoms with van der Waals surface area (Å²) in [7, 11) is 7.51. The van der Waals surface area contributed by atoms with Gasteiger partial charge in [-0.15, -0.1) is 0 Å². The third kappa shape index (κ3) is 7.33. The van der Waals surface area contributed by atoms with E-state index in [0.29, 0.717) is 35.7 Å². The van der Waals surface area contributed by atoms with Crippen LogP contribution in [-0.2, 0) is 11.8 Å². The van der Waals surface area contributed by atoms with Crippen molar-refractivity contribution >= 4 is 39.8 Å². The molecule has 2 heterocycles. The van der Waals surface area contributed by atoms with Crippen LogP contribution < -0.4 is 20.3 Å². The number of fused-ring (bicyclic) bond motifs is 1. The van der Waals surface area contributed by atoms with E-state index in [2.05, 4.69) is 33.2 Å². The lowest BCUT2D eigenvalue weighted by Crippen LogP contribution is -2.29. The average Bonchev–Trinajstić information content (AvgIpc) is 3.31.